The zero-order chi connectivity index (χ0) is 13.1. The van der Waals surface area contributed by atoms with E-state index in [1.54, 1.807) is 14.0 Å². The number of hydrogen-bond donors (Lipinski definition) is 0. The topological polar surface area (TPSA) is 35.5 Å². The number of rotatable bonds is 5. The summed E-state index contributed by atoms with van der Waals surface area (Å²) in [5.74, 6) is 1.58. The lowest BCUT2D eigenvalue weighted by Gasteiger charge is -2.27. The molecule has 1 aliphatic rings. The Morgan fingerprint density at radius 1 is 1.39 bits per heavy atom. The van der Waals surface area contributed by atoms with Crippen molar-refractivity contribution in [3.05, 3.63) is 22.2 Å². The maximum Gasteiger partial charge on any atom is 0.161 e. The van der Waals surface area contributed by atoms with Crippen LogP contribution in [0.25, 0.3) is 0 Å². The van der Waals surface area contributed by atoms with Gasteiger partial charge in [0, 0.05) is 10.9 Å². The van der Waals surface area contributed by atoms with E-state index in [0.717, 1.165) is 28.6 Å². The van der Waals surface area contributed by atoms with Crippen LogP contribution in [0.5, 0.6) is 11.5 Å². The molecule has 0 heterocycles. The van der Waals surface area contributed by atoms with Gasteiger partial charge in [0.15, 0.2) is 11.5 Å². The molecule has 0 saturated heterocycles. The average Bonchev–Trinajstić information content (AvgIpc) is 2.26. The molecule has 2 rings (SSSR count). The smallest absolute Gasteiger partial charge is 0.161 e. The SMILES string of the molecule is COc1cc(Br)c(CC(C)=O)cc1OC1CCC1. The standard InChI is InChI=1S/C14H17BrO3/c1-9(16)6-10-7-14(18-11-4-3-5-11)13(17-2)8-12(10)15/h7-8,11H,3-6H2,1-2H3. The van der Waals surface area contributed by atoms with Gasteiger partial charge in [-0.3, -0.25) is 4.79 Å². The predicted octanol–water partition coefficient (Wildman–Crippen LogP) is 3.52. The molecule has 1 aromatic rings. The highest BCUT2D eigenvalue weighted by atomic mass is 79.9. The fourth-order valence-corrected chi connectivity index (χ4v) is 2.36. The van der Waals surface area contributed by atoms with Crippen LogP contribution in [0.3, 0.4) is 0 Å². The van der Waals surface area contributed by atoms with E-state index < -0.39 is 0 Å². The monoisotopic (exact) mass is 312 g/mol. The molecule has 1 aliphatic carbocycles. The molecule has 0 aromatic heterocycles. The van der Waals surface area contributed by atoms with Crippen LogP contribution in [0.15, 0.2) is 16.6 Å². The lowest BCUT2D eigenvalue weighted by Crippen LogP contribution is -2.24. The molecule has 98 valence electrons. The second kappa shape index (κ2) is 5.74. The fourth-order valence-electron chi connectivity index (χ4n) is 1.90. The Morgan fingerprint density at radius 2 is 2.11 bits per heavy atom. The Balaban J connectivity index is 2.25. The third-order valence-electron chi connectivity index (χ3n) is 3.12. The molecule has 0 N–H and O–H groups in total. The molecule has 0 unspecified atom stereocenters. The summed E-state index contributed by atoms with van der Waals surface area (Å²) in [6.45, 7) is 1.59. The molecule has 0 radical (unpaired) electrons. The lowest BCUT2D eigenvalue weighted by molar-refractivity contribution is -0.116. The van der Waals surface area contributed by atoms with Gasteiger partial charge in [-0.15, -0.1) is 0 Å². The Kier molecular flexibility index (Phi) is 4.27. The van der Waals surface area contributed by atoms with Crippen LogP contribution in [0, 0.1) is 0 Å². The van der Waals surface area contributed by atoms with Crippen LogP contribution in [0.1, 0.15) is 31.7 Å². The number of ether oxygens (including phenoxy) is 2. The van der Waals surface area contributed by atoms with Crippen LogP contribution in [0.4, 0.5) is 0 Å². The summed E-state index contributed by atoms with van der Waals surface area (Å²) >= 11 is 3.46. The van der Waals surface area contributed by atoms with E-state index in [4.69, 9.17) is 9.47 Å². The lowest BCUT2D eigenvalue weighted by atomic mass is 9.96. The maximum absolute atomic E-state index is 11.2. The van der Waals surface area contributed by atoms with Crippen molar-refractivity contribution in [3.8, 4) is 11.5 Å². The molecular formula is C14H17BrO3. The van der Waals surface area contributed by atoms with Crippen LogP contribution >= 0.6 is 15.9 Å². The van der Waals surface area contributed by atoms with Crippen LogP contribution < -0.4 is 9.47 Å². The van der Waals surface area contributed by atoms with E-state index in [9.17, 15) is 4.79 Å². The molecule has 1 fully saturated rings. The number of halogens is 1. The Labute approximate surface area is 116 Å². The van der Waals surface area contributed by atoms with E-state index in [2.05, 4.69) is 15.9 Å². The van der Waals surface area contributed by atoms with Crippen LogP contribution in [0.2, 0.25) is 0 Å². The summed E-state index contributed by atoms with van der Waals surface area (Å²) in [6, 6.07) is 3.77. The third kappa shape index (κ3) is 3.05. The first-order valence-corrected chi connectivity index (χ1v) is 6.92. The Morgan fingerprint density at radius 3 is 2.61 bits per heavy atom. The fraction of sp³-hybridized carbons (Fsp3) is 0.500. The first-order chi connectivity index (χ1) is 8.60. The second-order valence-electron chi connectivity index (χ2n) is 4.64. The van der Waals surface area contributed by atoms with E-state index in [-0.39, 0.29) is 5.78 Å². The summed E-state index contributed by atoms with van der Waals surface area (Å²) in [6.07, 6.45) is 4.13. The highest BCUT2D eigenvalue weighted by Crippen LogP contribution is 2.36. The number of carbonyl (C=O) groups excluding carboxylic acids is 1. The summed E-state index contributed by atoms with van der Waals surface area (Å²) in [7, 11) is 1.63. The number of hydrogen-bond acceptors (Lipinski definition) is 3. The molecule has 0 amide bonds. The van der Waals surface area contributed by atoms with Crippen molar-refractivity contribution in [2.45, 2.75) is 38.7 Å². The summed E-state index contributed by atoms with van der Waals surface area (Å²) < 4.78 is 12.1. The minimum Gasteiger partial charge on any atom is -0.493 e. The molecule has 3 nitrogen and oxygen atoms in total. The van der Waals surface area contributed by atoms with E-state index in [1.807, 2.05) is 12.1 Å². The quantitative estimate of drug-likeness (QED) is 0.834. The van der Waals surface area contributed by atoms with Crippen molar-refractivity contribution in [2.75, 3.05) is 7.11 Å². The van der Waals surface area contributed by atoms with Crippen molar-refractivity contribution in [2.24, 2.45) is 0 Å². The van der Waals surface area contributed by atoms with E-state index >= 15 is 0 Å². The van der Waals surface area contributed by atoms with Crippen molar-refractivity contribution >= 4 is 21.7 Å². The van der Waals surface area contributed by atoms with Crippen LogP contribution in [-0.4, -0.2) is 19.0 Å². The Bertz CT molecular complexity index is 453. The minimum atomic E-state index is 0.135. The number of carbonyl (C=O) groups is 1. The Hall–Kier alpha value is -1.03. The molecule has 0 spiro atoms. The van der Waals surface area contributed by atoms with Gasteiger partial charge >= 0.3 is 0 Å². The largest absolute Gasteiger partial charge is 0.493 e. The first-order valence-electron chi connectivity index (χ1n) is 6.12. The molecule has 18 heavy (non-hydrogen) atoms. The first kappa shape index (κ1) is 13.4. The zero-order valence-corrected chi connectivity index (χ0v) is 12.2. The van der Waals surface area contributed by atoms with Gasteiger partial charge in [0.2, 0.25) is 0 Å². The van der Waals surface area contributed by atoms with E-state index in [0.29, 0.717) is 18.3 Å². The molecule has 0 aliphatic heterocycles. The van der Waals surface area contributed by atoms with E-state index in [1.165, 1.54) is 6.42 Å². The number of Topliss-reactive ketones (excluding diaryl/α,β-unsaturated/α-hetero) is 1. The van der Waals surface area contributed by atoms with Gasteiger partial charge < -0.3 is 9.47 Å². The van der Waals surface area contributed by atoms with Gasteiger partial charge in [-0.2, -0.15) is 0 Å². The van der Waals surface area contributed by atoms with Gasteiger partial charge in [-0.25, -0.2) is 0 Å². The summed E-state index contributed by atoms with van der Waals surface area (Å²) in [4.78, 5) is 11.2. The zero-order valence-electron chi connectivity index (χ0n) is 10.7. The maximum atomic E-state index is 11.2. The van der Waals surface area contributed by atoms with Gasteiger partial charge in [-0.05, 0) is 43.9 Å². The molecule has 4 heteroatoms. The van der Waals surface area contributed by atoms with Gasteiger partial charge in [0.25, 0.3) is 0 Å². The van der Waals surface area contributed by atoms with Crippen molar-refractivity contribution in [1.29, 1.82) is 0 Å². The third-order valence-corrected chi connectivity index (χ3v) is 3.86. The summed E-state index contributed by atoms with van der Waals surface area (Å²) in [5, 5.41) is 0. The molecule has 0 atom stereocenters. The molecule has 1 saturated carbocycles. The molecular weight excluding hydrogens is 296 g/mol. The van der Waals surface area contributed by atoms with Crippen molar-refractivity contribution in [3.63, 3.8) is 0 Å². The van der Waals surface area contributed by atoms with Gasteiger partial charge in [-0.1, -0.05) is 15.9 Å². The highest BCUT2D eigenvalue weighted by molar-refractivity contribution is 9.10. The molecule has 0 bridgehead atoms. The van der Waals surface area contributed by atoms with Crippen molar-refractivity contribution in [1.82, 2.24) is 0 Å². The average molecular weight is 313 g/mol. The second-order valence-corrected chi connectivity index (χ2v) is 5.50. The highest BCUT2D eigenvalue weighted by Gasteiger charge is 2.21. The molecule has 1 aromatic carbocycles. The minimum absolute atomic E-state index is 0.135. The van der Waals surface area contributed by atoms with Gasteiger partial charge in [0.05, 0.1) is 13.2 Å². The number of benzene rings is 1. The predicted molar refractivity (Wildman–Crippen MR) is 73.3 cm³/mol. The normalized spacial score (nSPS) is 15.1. The number of ketones is 1. The summed E-state index contributed by atoms with van der Waals surface area (Å²) in [5.41, 5.74) is 0.942. The van der Waals surface area contributed by atoms with Crippen molar-refractivity contribution < 1.29 is 14.3 Å². The van der Waals surface area contributed by atoms with Crippen LogP contribution in [-0.2, 0) is 11.2 Å². The number of methoxy groups -OCH3 is 1. The van der Waals surface area contributed by atoms with Gasteiger partial charge in [0.1, 0.15) is 5.78 Å².